The molecule has 0 unspecified atom stereocenters. The minimum Gasteiger partial charge on any atom is -0.479 e. The fourth-order valence-corrected chi connectivity index (χ4v) is 2.86. The van der Waals surface area contributed by atoms with E-state index in [-0.39, 0.29) is 18.3 Å². The summed E-state index contributed by atoms with van der Waals surface area (Å²) < 4.78 is 25.1. The molecule has 1 aromatic heterocycles. The predicted molar refractivity (Wildman–Crippen MR) is 109 cm³/mol. The van der Waals surface area contributed by atoms with Gasteiger partial charge >= 0.3 is 12.0 Å². The standard InChI is InChI=1S/C22H22FN3O4/c1-3-19(21(27)28)30-22-25-12-18(23)20(26-22)29-17-8-13(2)7-16(10-17)15-6-4-5-14(9-15)11-24/h4-10,12,19H,3,11,24H2,1-2H3,(H,27,28)/t19-/m1/s1. The predicted octanol–water partition coefficient (Wildman–Crippen LogP) is 4.08. The summed E-state index contributed by atoms with van der Waals surface area (Å²) in [5, 5.41) is 9.11. The van der Waals surface area contributed by atoms with Crippen molar-refractivity contribution < 1.29 is 23.8 Å². The van der Waals surface area contributed by atoms with Crippen LogP contribution in [-0.2, 0) is 11.3 Å². The van der Waals surface area contributed by atoms with E-state index in [9.17, 15) is 9.18 Å². The van der Waals surface area contributed by atoms with Crippen molar-refractivity contribution in [3.05, 3.63) is 65.6 Å². The highest BCUT2D eigenvalue weighted by atomic mass is 19.1. The Kier molecular flexibility index (Phi) is 6.58. The van der Waals surface area contributed by atoms with Gasteiger partial charge in [-0.25, -0.2) is 9.78 Å². The third kappa shape index (κ3) is 5.09. The third-order valence-electron chi connectivity index (χ3n) is 4.35. The van der Waals surface area contributed by atoms with Gasteiger partial charge in [0.2, 0.25) is 5.82 Å². The second-order valence-electron chi connectivity index (χ2n) is 6.70. The van der Waals surface area contributed by atoms with Crippen LogP contribution >= 0.6 is 0 Å². The fourth-order valence-electron chi connectivity index (χ4n) is 2.86. The van der Waals surface area contributed by atoms with Gasteiger partial charge in [0.25, 0.3) is 5.88 Å². The first-order valence-corrected chi connectivity index (χ1v) is 9.40. The SMILES string of the molecule is CC[C@@H](Oc1ncc(F)c(Oc2cc(C)cc(-c3cccc(CN)c3)c2)n1)C(=O)O. The summed E-state index contributed by atoms with van der Waals surface area (Å²) in [5.74, 6) is -1.93. The Labute approximate surface area is 173 Å². The average molecular weight is 411 g/mol. The van der Waals surface area contributed by atoms with Gasteiger partial charge in [0.05, 0.1) is 6.20 Å². The van der Waals surface area contributed by atoms with Crippen molar-refractivity contribution in [3.63, 3.8) is 0 Å². The van der Waals surface area contributed by atoms with E-state index in [0.29, 0.717) is 12.3 Å². The molecule has 7 nitrogen and oxygen atoms in total. The molecule has 1 atom stereocenters. The van der Waals surface area contributed by atoms with Crippen molar-refractivity contribution in [2.24, 2.45) is 5.73 Å². The summed E-state index contributed by atoms with van der Waals surface area (Å²) in [7, 11) is 0. The van der Waals surface area contributed by atoms with Crippen molar-refractivity contribution in [1.29, 1.82) is 0 Å². The zero-order valence-corrected chi connectivity index (χ0v) is 16.6. The molecule has 156 valence electrons. The van der Waals surface area contributed by atoms with Crippen LogP contribution in [0.15, 0.2) is 48.7 Å². The van der Waals surface area contributed by atoms with E-state index in [1.165, 1.54) is 0 Å². The van der Waals surface area contributed by atoms with Gasteiger partial charge in [0.1, 0.15) is 5.75 Å². The highest BCUT2D eigenvalue weighted by Gasteiger charge is 2.20. The molecular formula is C22H22FN3O4. The zero-order valence-electron chi connectivity index (χ0n) is 16.6. The number of nitrogens with zero attached hydrogens (tertiary/aromatic N) is 2. The molecule has 0 spiro atoms. The number of halogens is 1. The number of aromatic nitrogens is 2. The number of aryl methyl sites for hydroxylation is 1. The van der Waals surface area contributed by atoms with Gasteiger partial charge in [-0.2, -0.15) is 9.37 Å². The minimum absolute atomic E-state index is 0.204. The third-order valence-corrected chi connectivity index (χ3v) is 4.35. The Morgan fingerprint density at radius 3 is 2.73 bits per heavy atom. The van der Waals surface area contributed by atoms with E-state index in [0.717, 1.165) is 28.5 Å². The van der Waals surface area contributed by atoms with E-state index in [1.54, 1.807) is 19.1 Å². The number of benzene rings is 2. The van der Waals surface area contributed by atoms with E-state index >= 15 is 0 Å². The van der Waals surface area contributed by atoms with Gasteiger partial charge < -0.3 is 20.3 Å². The van der Waals surface area contributed by atoms with Gasteiger partial charge in [-0.1, -0.05) is 31.2 Å². The van der Waals surface area contributed by atoms with Gasteiger partial charge in [-0.3, -0.25) is 0 Å². The Balaban J connectivity index is 1.90. The van der Waals surface area contributed by atoms with Crippen LogP contribution < -0.4 is 15.2 Å². The Morgan fingerprint density at radius 2 is 2.03 bits per heavy atom. The maximum Gasteiger partial charge on any atom is 0.345 e. The lowest BCUT2D eigenvalue weighted by molar-refractivity contribution is -0.145. The molecule has 3 N–H and O–H groups in total. The lowest BCUT2D eigenvalue weighted by atomic mass is 10.0. The van der Waals surface area contributed by atoms with Gasteiger partial charge in [-0.15, -0.1) is 0 Å². The minimum atomic E-state index is -1.16. The first-order chi connectivity index (χ1) is 14.4. The fraction of sp³-hybridized carbons (Fsp3) is 0.227. The lowest BCUT2D eigenvalue weighted by Gasteiger charge is -2.13. The Hall–Kier alpha value is -3.52. The molecule has 30 heavy (non-hydrogen) atoms. The number of hydrogen-bond acceptors (Lipinski definition) is 6. The van der Waals surface area contributed by atoms with Crippen LogP contribution in [0, 0.1) is 12.7 Å². The molecule has 0 bridgehead atoms. The van der Waals surface area contributed by atoms with Gasteiger partial charge in [0.15, 0.2) is 6.10 Å². The number of carboxylic acid groups (broad SMARTS) is 1. The quantitative estimate of drug-likeness (QED) is 0.575. The first-order valence-electron chi connectivity index (χ1n) is 9.40. The molecule has 0 fully saturated rings. The van der Waals surface area contributed by atoms with Crippen molar-refractivity contribution in [1.82, 2.24) is 9.97 Å². The highest BCUT2D eigenvalue weighted by Crippen LogP contribution is 2.30. The largest absolute Gasteiger partial charge is 0.479 e. The molecule has 2 aromatic carbocycles. The van der Waals surface area contributed by atoms with Crippen LogP contribution in [0.25, 0.3) is 11.1 Å². The van der Waals surface area contributed by atoms with Crippen molar-refractivity contribution in [3.8, 4) is 28.8 Å². The molecule has 1 heterocycles. The zero-order chi connectivity index (χ0) is 21.7. The summed E-state index contributed by atoms with van der Waals surface area (Å²) in [4.78, 5) is 18.7. The Morgan fingerprint density at radius 1 is 1.23 bits per heavy atom. The molecule has 0 aliphatic rings. The summed E-state index contributed by atoms with van der Waals surface area (Å²) in [6.07, 6.45) is -0.0491. The van der Waals surface area contributed by atoms with Gasteiger partial charge in [0, 0.05) is 6.54 Å². The Bertz CT molecular complexity index is 1060. The molecule has 0 radical (unpaired) electrons. The normalized spacial score (nSPS) is 11.7. The van der Waals surface area contributed by atoms with Crippen molar-refractivity contribution >= 4 is 5.97 Å². The smallest absolute Gasteiger partial charge is 0.345 e. The van der Waals surface area contributed by atoms with Crippen LogP contribution in [0.1, 0.15) is 24.5 Å². The van der Waals surface area contributed by atoms with Crippen LogP contribution in [0.3, 0.4) is 0 Å². The van der Waals surface area contributed by atoms with Crippen LogP contribution in [0.2, 0.25) is 0 Å². The number of hydrogen-bond donors (Lipinski definition) is 2. The number of rotatable bonds is 8. The van der Waals surface area contributed by atoms with Crippen LogP contribution in [0.5, 0.6) is 17.6 Å². The number of nitrogens with two attached hydrogens (primary N) is 1. The lowest BCUT2D eigenvalue weighted by Crippen LogP contribution is -2.26. The molecule has 3 aromatic rings. The maximum atomic E-state index is 14.2. The average Bonchev–Trinajstić information content (AvgIpc) is 2.73. The molecule has 8 heteroatoms. The first kappa shape index (κ1) is 21.2. The van der Waals surface area contributed by atoms with Crippen LogP contribution in [0.4, 0.5) is 4.39 Å². The van der Waals surface area contributed by atoms with Gasteiger partial charge in [-0.05, 0) is 53.8 Å². The summed E-state index contributed by atoms with van der Waals surface area (Å²) in [5.41, 5.74) is 9.45. The second kappa shape index (κ2) is 9.32. The number of carboxylic acids is 1. The summed E-state index contributed by atoms with van der Waals surface area (Å²) in [6.45, 7) is 3.97. The molecule has 0 saturated heterocycles. The summed E-state index contributed by atoms with van der Waals surface area (Å²) >= 11 is 0. The molecule has 3 rings (SSSR count). The van der Waals surface area contributed by atoms with E-state index in [2.05, 4.69) is 9.97 Å². The number of carbonyl (C=O) groups is 1. The molecule has 0 aliphatic heterocycles. The topological polar surface area (TPSA) is 108 Å². The highest BCUT2D eigenvalue weighted by molar-refractivity contribution is 5.72. The molecule has 0 amide bonds. The summed E-state index contributed by atoms with van der Waals surface area (Å²) in [6, 6.07) is 13.0. The van der Waals surface area contributed by atoms with E-state index in [1.807, 2.05) is 37.3 Å². The molecular weight excluding hydrogens is 389 g/mol. The van der Waals surface area contributed by atoms with E-state index < -0.39 is 17.9 Å². The van der Waals surface area contributed by atoms with Crippen molar-refractivity contribution in [2.45, 2.75) is 32.9 Å². The molecule has 0 aliphatic carbocycles. The van der Waals surface area contributed by atoms with E-state index in [4.69, 9.17) is 20.3 Å². The second-order valence-corrected chi connectivity index (χ2v) is 6.70. The van der Waals surface area contributed by atoms with Crippen molar-refractivity contribution in [2.75, 3.05) is 0 Å². The monoisotopic (exact) mass is 411 g/mol. The molecule has 0 saturated carbocycles. The number of aliphatic carboxylic acids is 1. The maximum absolute atomic E-state index is 14.2. The number of ether oxygens (including phenoxy) is 2. The van der Waals surface area contributed by atoms with Crippen LogP contribution in [-0.4, -0.2) is 27.1 Å².